The van der Waals surface area contributed by atoms with Crippen LogP contribution in [0.25, 0.3) is 11.4 Å². The van der Waals surface area contributed by atoms with Crippen LogP contribution in [0.15, 0.2) is 23.4 Å². The molecule has 1 aliphatic heterocycles. The lowest BCUT2D eigenvalue weighted by Crippen LogP contribution is -2.36. The fourth-order valence-corrected chi connectivity index (χ4v) is 3.79. The zero-order valence-electron chi connectivity index (χ0n) is 18.3. The summed E-state index contributed by atoms with van der Waals surface area (Å²) in [5.74, 6) is 11.7. The number of carbonyl (C=O) groups is 1. The molecule has 0 saturated carbocycles. The van der Waals surface area contributed by atoms with Crippen molar-refractivity contribution < 1.29 is 19.0 Å². The lowest BCUT2D eigenvalue weighted by atomic mass is 9.89. The van der Waals surface area contributed by atoms with Crippen molar-refractivity contribution in [2.75, 3.05) is 27.4 Å². The van der Waals surface area contributed by atoms with E-state index in [1.807, 2.05) is 10.6 Å². The van der Waals surface area contributed by atoms with E-state index in [0.717, 1.165) is 29.8 Å². The first kappa shape index (κ1) is 22.6. The molecule has 10 nitrogen and oxygen atoms in total. The number of nitrogens with one attached hydrogen (secondary N) is 1. The molecule has 5 N–H and O–H groups in total. The van der Waals surface area contributed by atoms with Gasteiger partial charge in [0.1, 0.15) is 0 Å². The van der Waals surface area contributed by atoms with Crippen molar-refractivity contribution >= 4 is 5.91 Å². The van der Waals surface area contributed by atoms with Crippen LogP contribution in [-0.2, 0) is 11.2 Å². The van der Waals surface area contributed by atoms with Crippen molar-refractivity contribution in [1.82, 2.24) is 15.0 Å². The van der Waals surface area contributed by atoms with Gasteiger partial charge >= 0.3 is 0 Å². The number of methoxy groups -OCH3 is 2. The summed E-state index contributed by atoms with van der Waals surface area (Å²) in [6.45, 7) is 5.38. The van der Waals surface area contributed by atoms with Crippen molar-refractivity contribution in [2.24, 2.45) is 22.7 Å². The molecular weight excluding hydrogens is 400 g/mol. The maximum atomic E-state index is 12.3. The second-order valence-electron chi connectivity index (χ2n) is 7.68. The Balaban J connectivity index is 2.15. The van der Waals surface area contributed by atoms with Gasteiger partial charge < -0.3 is 24.6 Å². The highest BCUT2D eigenvalue weighted by molar-refractivity contribution is 5.93. The smallest absolute Gasteiger partial charge is 0.268 e. The number of nitrogens with zero attached hydrogens (tertiary/aromatic N) is 3. The van der Waals surface area contributed by atoms with Gasteiger partial charge in [0.25, 0.3) is 11.8 Å². The SMILES string of the molecule is COCCCOc1cc2c(nc1OC)-c1cc(=NN)c(C(=O)NN)cn1C(C(C)C)C2. The Hall–Kier alpha value is -3.11. The molecule has 2 aromatic heterocycles. The number of hydrogen-bond donors (Lipinski definition) is 3. The minimum Gasteiger partial charge on any atom is -0.488 e. The van der Waals surface area contributed by atoms with E-state index in [-0.39, 0.29) is 6.04 Å². The largest absolute Gasteiger partial charge is 0.488 e. The van der Waals surface area contributed by atoms with Crippen LogP contribution in [0.2, 0.25) is 0 Å². The van der Waals surface area contributed by atoms with Gasteiger partial charge in [-0.1, -0.05) is 13.8 Å². The first-order chi connectivity index (χ1) is 14.9. The Morgan fingerprint density at radius 2 is 2.13 bits per heavy atom. The Morgan fingerprint density at radius 1 is 1.35 bits per heavy atom. The first-order valence-electron chi connectivity index (χ1n) is 10.2. The minimum absolute atomic E-state index is 0.0928. The molecular formula is C21H30N6O4. The number of hydrazine groups is 1. The summed E-state index contributed by atoms with van der Waals surface area (Å²) in [6, 6.07) is 3.83. The number of nitrogen functional groups attached to an aromatic ring is 1. The lowest BCUT2D eigenvalue weighted by molar-refractivity contribution is 0.0951. The number of rotatable bonds is 8. The summed E-state index contributed by atoms with van der Waals surface area (Å²) in [5.41, 5.74) is 5.01. The topological polar surface area (TPSA) is 139 Å². The normalized spacial score (nSPS) is 15.4. The van der Waals surface area contributed by atoms with E-state index in [0.29, 0.717) is 41.7 Å². The number of hydrogen-bond acceptors (Lipinski definition) is 8. The van der Waals surface area contributed by atoms with Gasteiger partial charge in [0, 0.05) is 32.4 Å². The molecule has 0 radical (unpaired) electrons. The van der Waals surface area contributed by atoms with Crippen molar-refractivity contribution in [3.63, 3.8) is 0 Å². The van der Waals surface area contributed by atoms with E-state index in [9.17, 15) is 4.79 Å². The standard InChI is InChI=1S/C21H30N6O4/c1-12(2)16-8-13-9-18(31-7-5-6-29-3)21(30-4)24-19(13)17-10-15(25-22)14(11-27(16)17)20(28)26-23/h9-12,16H,5-8,22-23H2,1-4H3,(H,26,28). The molecule has 10 heteroatoms. The molecule has 1 aliphatic rings. The second kappa shape index (κ2) is 9.80. The van der Waals surface area contributed by atoms with Crippen LogP contribution in [-0.4, -0.2) is 42.9 Å². The lowest BCUT2D eigenvalue weighted by Gasteiger charge is -2.33. The molecule has 1 amide bonds. The van der Waals surface area contributed by atoms with Gasteiger partial charge in [0.15, 0.2) is 5.75 Å². The zero-order chi connectivity index (χ0) is 22.5. The second-order valence-corrected chi connectivity index (χ2v) is 7.68. The molecule has 31 heavy (non-hydrogen) atoms. The van der Waals surface area contributed by atoms with Gasteiger partial charge in [-0.25, -0.2) is 10.8 Å². The molecule has 0 spiro atoms. The summed E-state index contributed by atoms with van der Waals surface area (Å²) < 4.78 is 18.5. The number of aromatic nitrogens is 2. The average molecular weight is 431 g/mol. The van der Waals surface area contributed by atoms with Gasteiger partial charge in [-0.05, 0) is 30.0 Å². The number of pyridine rings is 2. The fraction of sp³-hybridized carbons (Fsp3) is 0.476. The number of fused-ring (bicyclic) bond motifs is 3. The third-order valence-electron chi connectivity index (χ3n) is 5.39. The highest BCUT2D eigenvalue weighted by atomic mass is 16.5. The Morgan fingerprint density at radius 3 is 2.74 bits per heavy atom. The van der Waals surface area contributed by atoms with E-state index in [1.54, 1.807) is 26.5 Å². The Labute approximate surface area is 181 Å². The molecule has 3 rings (SSSR count). The summed E-state index contributed by atoms with van der Waals surface area (Å²) in [5, 5.41) is 4.11. The number of nitrogens with two attached hydrogens (primary N) is 2. The fourth-order valence-electron chi connectivity index (χ4n) is 3.79. The minimum atomic E-state index is -0.460. The van der Waals surface area contributed by atoms with E-state index < -0.39 is 5.91 Å². The number of carbonyl (C=O) groups excluding carboxylic acids is 1. The summed E-state index contributed by atoms with van der Waals surface area (Å²) in [6.07, 6.45) is 3.22. The molecule has 0 aliphatic carbocycles. The van der Waals surface area contributed by atoms with Crippen LogP contribution in [0.5, 0.6) is 11.6 Å². The Kier molecular flexibility index (Phi) is 7.13. The number of amides is 1. The summed E-state index contributed by atoms with van der Waals surface area (Å²) in [4.78, 5) is 17.0. The van der Waals surface area contributed by atoms with Gasteiger partial charge in [0.2, 0.25) is 0 Å². The molecule has 1 atom stereocenters. The van der Waals surface area contributed by atoms with E-state index in [4.69, 9.17) is 30.9 Å². The van der Waals surface area contributed by atoms with Crippen LogP contribution in [0.1, 0.15) is 42.2 Å². The predicted octanol–water partition coefficient (Wildman–Crippen LogP) is 1.11. The molecule has 1 unspecified atom stereocenters. The van der Waals surface area contributed by atoms with Crippen LogP contribution in [0.4, 0.5) is 0 Å². The monoisotopic (exact) mass is 430 g/mol. The maximum absolute atomic E-state index is 12.3. The van der Waals surface area contributed by atoms with Crippen LogP contribution < -0.4 is 31.9 Å². The van der Waals surface area contributed by atoms with Crippen molar-refractivity contribution in [1.29, 1.82) is 0 Å². The van der Waals surface area contributed by atoms with Crippen molar-refractivity contribution in [3.05, 3.63) is 34.8 Å². The first-order valence-corrected chi connectivity index (χ1v) is 10.2. The maximum Gasteiger partial charge on any atom is 0.268 e. The van der Waals surface area contributed by atoms with Gasteiger partial charge in [-0.15, -0.1) is 0 Å². The zero-order valence-corrected chi connectivity index (χ0v) is 18.3. The van der Waals surface area contributed by atoms with Crippen molar-refractivity contribution in [3.8, 4) is 23.0 Å². The number of ether oxygens (including phenoxy) is 3. The highest BCUT2D eigenvalue weighted by Crippen LogP contribution is 2.40. The molecule has 3 heterocycles. The average Bonchev–Trinajstić information content (AvgIpc) is 2.79. The quantitative estimate of drug-likeness (QED) is 0.247. The van der Waals surface area contributed by atoms with Crippen LogP contribution >= 0.6 is 0 Å². The highest BCUT2D eigenvalue weighted by Gasteiger charge is 2.30. The molecule has 0 bridgehead atoms. The van der Waals surface area contributed by atoms with Gasteiger partial charge in [-0.2, -0.15) is 5.10 Å². The summed E-state index contributed by atoms with van der Waals surface area (Å²) >= 11 is 0. The van der Waals surface area contributed by atoms with E-state index in [1.165, 1.54) is 0 Å². The van der Waals surface area contributed by atoms with Crippen molar-refractivity contribution in [2.45, 2.75) is 32.7 Å². The van der Waals surface area contributed by atoms with Gasteiger partial charge in [-0.3, -0.25) is 10.2 Å². The van der Waals surface area contributed by atoms with Crippen LogP contribution in [0.3, 0.4) is 0 Å². The molecule has 168 valence electrons. The van der Waals surface area contributed by atoms with Crippen LogP contribution in [0, 0.1) is 5.92 Å². The molecule has 0 fully saturated rings. The predicted molar refractivity (Wildman–Crippen MR) is 115 cm³/mol. The third kappa shape index (κ3) is 4.49. The molecule has 0 saturated heterocycles. The summed E-state index contributed by atoms with van der Waals surface area (Å²) in [7, 11) is 3.21. The van der Waals surface area contributed by atoms with Gasteiger partial charge in [0.05, 0.1) is 36.0 Å². The van der Waals surface area contributed by atoms with E-state index >= 15 is 0 Å². The Bertz CT molecular complexity index is 1020. The third-order valence-corrected chi connectivity index (χ3v) is 5.39. The van der Waals surface area contributed by atoms with E-state index in [2.05, 4.69) is 24.4 Å². The molecule has 2 aromatic rings. The molecule has 0 aromatic carbocycles.